The molecule has 0 unspecified atom stereocenters. The lowest BCUT2D eigenvalue weighted by Crippen LogP contribution is -2.28. The van der Waals surface area contributed by atoms with Crippen LogP contribution in [-0.4, -0.2) is 18.7 Å². The quantitative estimate of drug-likeness (QED) is 0.738. The first kappa shape index (κ1) is 12.7. The predicted octanol–water partition coefficient (Wildman–Crippen LogP) is 2.72. The molecule has 0 amide bonds. The molecule has 3 heteroatoms. The lowest BCUT2D eigenvalue weighted by molar-refractivity contribution is -0.164. The number of rotatable bonds is 3. The van der Waals surface area contributed by atoms with E-state index in [2.05, 4.69) is 0 Å². The van der Waals surface area contributed by atoms with Crippen molar-refractivity contribution in [3.63, 3.8) is 0 Å². The number of hydrogen-bond acceptors (Lipinski definition) is 3. The van der Waals surface area contributed by atoms with Gasteiger partial charge in [-0.1, -0.05) is 30.3 Å². The smallest absolute Gasteiger partial charge is 0.339 e. The van der Waals surface area contributed by atoms with Crippen molar-refractivity contribution in [2.75, 3.05) is 7.11 Å². The lowest BCUT2D eigenvalue weighted by Gasteiger charge is -2.26. The minimum absolute atomic E-state index is 0.374. The Kier molecular flexibility index (Phi) is 4.07. The molecule has 0 aromatic heterocycles. The third kappa shape index (κ3) is 3.66. The Morgan fingerprint density at radius 3 is 2.19 bits per heavy atom. The van der Waals surface area contributed by atoms with E-state index in [1.807, 2.05) is 51.1 Å². The third-order valence-corrected chi connectivity index (χ3v) is 1.99. The monoisotopic (exact) mass is 222 g/mol. The van der Waals surface area contributed by atoms with Crippen LogP contribution in [-0.2, 0) is 14.3 Å². The van der Waals surface area contributed by atoms with Gasteiger partial charge in [-0.15, -0.1) is 0 Å². The second-order valence-electron chi connectivity index (χ2n) is 4.54. The molecule has 1 aromatic rings. The minimum Gasteiger partial charge on any atom is -0.467 e. The zero-order chi connectivity index (χ0) is 12.2. The number of carbonyl (C=O) groups is 1. The zero-order valence-electron chi connectivity index (χ0n) is 10.2. The number of methoxy groups -OCH3 is 1. The summed E-state index contributed by atoms with van der Waals surface area (Å²) in [5.41, 5.74) is 0.415. The maximum absolute atomic E-state index is 11.6. The van der Waals surface area contributed by atoms with Gasteiger partial charge in [0.25, 0.3) is 0 Å². The summed E-state index contributed by atoms with van der Waals surface area (Å²) in [4.78, 5) is 11.6. The van der Waals surface area contributed by atoms with Gasteiger partial charge in [0.15, 0.2) is 6.10 Å². The number of carbonyl (C=O) groups excluding carboxylic acids is 1. The number of hydrogen-bond donors (Lipinski definition) is 0. The molecule has 1 rings (SSSR count). The minimum atomic E-state index is -0.661. The van der Waals surface area contributed by atoms with Gasteiger partial charge in [-0.25, -0.2) is 4.79 Å². The summed E-state index contributed by atoms with van der Waals surface area (Å²) in [5, 5.41) is 0. The highest BCUT2D eigenvalue weighted by molar-refractivity contribution is 5.76. The first-order chi connectivity index (χ1) is 7.44. The SMILES string of the molecule is COC(=O)[C@@H](OC(C)(C)C)c1ccccc1. The Labute approximate surface area is 96.4 Å². The van der Waals surface area contributed by atoms with Crippen LogP contribution >= 0.6 is 0 Å². The largest absolute Gasteiger partial charge is 0.467 e. The molecular weight excluding hydrogens is 204 g/mol. The molecule has 0 bridgehead atoms. The van der Waals surface area contributed by atoms with E-state index in [9.17, 15) is 4.79 Å². The van der Waals surface area contributed by atoms with E-state index >= 15 is 0 Å². The fourth-order valence-electron chi connectivity index (χ4n) is 1.34. The summed E-state index contributed by atoms with van der Waals surface area (Å²) in [7, 11) is 1.37. The van der Waals surface area contributed by atoms with Gasteiger partial charge < -0.3 is 9.47 Å². The molecule has 1 atom stereocenters. The normalized spacial score (nSPS) is 13.2. The number of benzene rings is 1. The van der Waals surface area contributed by atoms with Gasteiger partial charge in [0.2, 0.25) is 0 Å². The zero-order valence-corrected chi connectivity index (χ0v) is 10.2. The molecule has 1 aromatic carbocycles. The standard InChI is InChI=1S/C13H18O3/c1-13(2,3)16-11(12(14)15-4)10-8-6-5-7-9-10/h5-9,11H,1-4H3/t11-/m0/s1. The summed E-state index contributed by atoms with van der Waals surface area (Å²) < 4.78 is 10.5. The predicted molar refractivity (Wildman–Crippen MR) is 62.0 cm³/mol. The van der Waals surface area contributed by atoms with Crippen molar-refractivity contribution < 1.29 is 14.3 Å². The number of ether oxygens (including phenoxy) is 2. The summed E-state index contributed by atoms with van der Waals surface area (Å²) in [6.07, 6.45) is -0.661. The molecule has 0 aliphatic carbocycles. The molecule has 0 aliphatic rings. The van der Waals surface area contributed by atoms with Gasteiger partial charge in [0, 0.05) is 0 Å². The molecule has 0 radical (unpaired) electrons. The van der Waals surface area contributed by atoms with Crippen LogP contribution in [0.25, 0.3) is 0 Å². The Morgan fingerprint density at radius 2 is 1.75 bits per heavy atom. The molecule has 0 N–H and O–H groups in total. The maximum atomic E-state index is 11.6. The van der Waals surface area contributed by atoms with Gasteiger partial charge in [-0.2, -0.15) is 0 Å². The molecule has 0 saturated heterocycles. The molecular formula is C13H18O3. The fraction of sp³-hybridized carbons (Fsp3) is 0.462. The molecule has 0 aliphatic heterocycles. The fourth-order valence-corrected chi connectivity index (χ4v) is 1.34. The lowest BCUT2D eigenvalue weighted by atomic mass is 10.1. The van der Waals surface area contributed by atoms with Gasteiger partial charge in [-0.3, -0.25) is 0 Å². The van der Waals surface area contributed by atoms with Crippen molar-refractivity contribution in [1.29, 1.82) is 0 Å². The van der Waals surface area contributed by atoms with E-state index in [1.54, 1.807) is 0 Å². The van der Waals surface area contributed by atoms with Gasteiger partial charge in [-0.05, 0) is 26.3 Å². The van der Waals surface area contributed by atoms with E-state index in [0.717, 1.165) is 5.56 Å². The van der Waals surface area contributed by atoms with Crippen LogP contribution in [0, 0.1) is 0 Å². The summed E-state index contributed by atoms with van der Waals surface area (Å²) in [6.45, 7) is 5.73. The summed E-state index contributed by atoms with van der Waals surface area (Å²) >= 11 is 0. The van der Waals surface area contributed by atoms with Crippen LogP contribution in [0.15, 0.2) is 30.3 Å². The van der Waals surface area contributed by atoms with E-state index in [4.69, 9.17) is 9.47 Å². The van der Waals surface area contributed by atoms with Crippen molar-refractivity contribution in [3.05, 3.63) is 35.9 Å². The van der Waals surface area contributed by atoms with Crippen molar-refractivity contribution in [2.24, 2.45) is 0 Å². The Hall–Kier alpha value is -1.35. The highest BCUT2D eigenvalue weighted by atomic mass is 16.6. The maximum Gasteiger partial charge on any atom is 0.339 e. The Bertz CT molecular complexity index is 338. The summed E-state index contributed by atoms with van der Waals surface area (Å²) in [5.74, 6) is -0.374. The van der Waals surface area contributed by atoms with Crippen molar-refractivity contribution in [3.8, 4) is 0 Å². The average molecular weight is 222 g/mol. The van der Waals surface area contributed by atoms with Crippen LogP contribution in [0.1, 0.15) is 32.4 Å². The molecule has 88 valence electrons. The van der Waals surface area contributed by atoms with Crippen molar-refractivity contribution >= 4 is 5.97 Å². The highest BCUT2D eigenvalue weighted by Gasteiger charge is 2.27. The number of esters is 1. The average Bonchev–Trinajstić information content (AvgIpc) is 2.25. The molecule has 3 nitrogen and oxygen atoms in total. The van der Waals surface area contributed by atoms with Gasteiger partial charge >= 0.3 is 5.97 Å². The molecule has 0 saturated carbocycles. The second kappa shape index (κ2) is 5.12. The van der Waals surface area contributed by atoms with Crippen LogP contribution < -0.4 is 0 Å². The van der Waals surface area contributed by atoms with E-state index in [0.29, 0.717) is 0 Å². The van der Waals surface area contributed by atoms with Crippen LogP contribution in [0.5, 0.6) is 0 Å². The van der Waals surface area contributed by atoms with Crippen molar-refractivity contribution in [1.82, 2.24) is 0 Å². The highest BCUT2D eigenvalue weighted by Crippen LogP contribution is 2.24. The van der Waals surface area contributed by atoms with Crippen molar-refractivity contribution in [2.45, 2.75) is 32.5 Å². The third-order valence-electron chi connectivity index (χ3n) is 1.99. The Balaban J connectivity index is 2.93. The molecule has 16 heavy (non-hydrogen) atoms. The first-order valence-electron chi connectivity index (χ1n) is 5.24. The topological polar surface area (TPSA) is 35.5 Å². The second-order valence-corrected chi connectivity index (χ2v) is 4.54. The molecule has 0 spiro atoms. The molecule has 0 fully saturated rings. The first-order valence-corrected chi connectivity index (χ1v) is 5.24. The van der Waals surface area contributed by atoms with Crippen LogP contribution in [0.3, 0.4) is 0 Å². The van der Waals surface area contributed by atoms with E-state index in [1.165, 1.54) is 7.11 Å². The van der Waals surface area contributed by atoms with Gasteiger partial charge in [0.05, 0.1) is 12.7 Å². The summed E-state index contributed by atoms with van der Waals surface area (Å²) in [6, 6.07) is 9.35. The van der Waals surface area contributed by atoms with Gasteiger partial charge in [0.1, 0.15) is 0 Å². The molecule has 0 heterocycles. The van der Waals surface area contributed by atoms with Crippen LogP contribution in [0.2, 0.25) is 0 Å². The van der Waals surface area contributed by atoms with E-state index < -0.39 is 11.7 Å². The van der Waals surface area contributed by atoms with E-state index in [-0.39, 0.29) is 5.97 Å². The Morgan fingerprint density at radius 1 is 1.19 bits per heavy atom. The van der Waals surface area contributed by atoms with Crippen LogP contribution in [0.4, 0.5) is 0 Å².